The van der Waals surface area contributed by atoms with Crippen molar-refractivity contribution in [3.8, 4) is 11.5 Å². The number of ether oxygens (including phenoxy) is 1. The molecule has 27 heavy (non-hydrogen) atoms. The zero-order valence-corrected chi connectivity index (χ0v) is 15.9. The summed E-state index contributed by atoms with van der Waals surface area (Å²) in [6.07, 6.45) is 0. The minimum absolute atomic E-state index is 0.196. The molecule has 0 bridgehead atoms. The molecule has 0 spiro atoms. The van der Waals surface area contributed by atoms with Gasteiger partial charge in [0.05, 0.1) is 4.90 Å². The predicted octanol–water partition coefficient (Wildman–Crippen LogP) is 2.12. The Bertz CT molecular complexity index is 922. The first-order chi connectivity index (χ1) is 12.3. The molecule has 7 nitrogen and oxygen atoms in total. The zero-order chi connectivity index (χ0) is 20.5. The molecule has 9 heteroatoms. The number of nitrogens with two attached hydrogens (primary N) is 1. The Hall–Kier alpha value is -2.49. The summed E-state index contributed by atoms with van der Waals surface area (Å²) in [7, 11) is -4.25. The Kier molecular flexibility index (Phi) is 5.60. The van der Waals surface area contributed by atoms with Gasteiger partial charge in [-0.05, 0) is 48.5 Å². The molecule has 1 atom stereocenters. The van der Waals surface area contributed by atoms with E-state index in [1.165, 1.54) is 69.3 Å². The summed E-state index contributed by atoms with van der Waals surface area (Å²) >= 11 is 0. The van der Waals surface area contributed by atoms with Crippen LogP contribution in [0.15, 0.2) is 53.4 Å². The third kappa shape index (κ3) is 4.62. The molecule has 2 aromatic rings. The van der Waals surface area contributed by atoms with Gasteiger partial charge in [-0.1, -0.05) is 20.8 Å². The lowest BCUT2D eigenvalue weighted by Crippen LogP contribution is -2.64. The molecular weight excluding hydrogens is 375 g/mol. The number of rotatable bonds is 6. The van der Waals surface area contributed by atoms with Crippen molar-refractivity contribution in [3.05, 3.63) is 54.3 Å². The van der Waals surface area contributed by atoms with Crippen molar-refractivity contribution in [2.24, 2.45) is 11.1 Å². The van der Waals surface area contributed by atoms with Crippen LogP contribution in [-0.2, 0) is 14.8 Å². The number of aliphatic hydroxyl groups is 1. The summed E-state index contributed by atoms with van der Waals surface area (Å²) in [6, 6.07) is 10.6. The van der Waals surface area contributed by atoms with Crippen LogP contribution in [0.25, 0.3) is 0 Å². The number of nitrogens with one attached hydrogen (secondary N) is 1. The zero-order valence-electron chi connectivity index (χ0n) is 15.1. The van der Waals surface area contributed by atoms with Gasteiger partial charge in [-0.3, -0.25) is 4.79 Å². The summed E-state index contributed by atoms with van der Waals surface area (Å²) in [6.45, 7) is 4.42. The third-order valence-electron chi connectivity index (χ3n) is 3.91. The fourth-order valence-corrected chi connectivity index (χ4v) is 3.56. The van der Waals surface area contributed by atoms with Crippen LogP contribution >= 0.6 is 0 Å². The van der Waals surface area contributed by atoms with Gasteiger partial charge in [0.25, 0.3) is 5.91 Å². The minimum atomic E-state index is -4.25. The number of halogens is 1. The van der Waals surface area contributed by atoms with Crippen LogP contribution in [0.1, 0.15) is 20.8 Å². The van der Waals surface area contributed by atoms with Crippen molar-refractivity contribution in [3.63, 3.8) is 0 Å². The Morgan fingerprint density at radius 3 is 1.89 bits per heavy atom. The van der Waals surface area contributed by atoms with E-state index < -0.39 is 32.9 Å². The maximum absolute atomic E-state index is 12.9. The van der Waals surface area contributed by atoms with E-state index >= 15 is 0 Å². The average molecular weight is 396 g/mol. The summed E-state index contributed by atoms with van der Waals surface area (Å²) in [5.41, 5.74) is 1.54. The summed E-state index contributed by atoms with van der Waals surface area (Å²) in [5, 5.41) is 10.5. The van der Waals surface area contributed by atoms with Crippen molar-refractivity contribution in [2.45, 2.75) is 31.4 Å². The van der Waals surface area contributed by atoms with E-state index in [2.05, 4.69) is 0 Å². The standard InChI is InChI=1S/C18H21FN2O5S/c1-17(2,3)18(23,16(20)22)21-27(24,25)15-10-8-14(9-11-15)26-13-6-4-12(19)5-7-13/h4-11,21,23H,1-3H3,(H2,20,22). The highest BCUT2D eigenvalue weighted by Crippen LogP contribution is 2.30. The van der Waals surface area contributed by atoms with Crippen molar-refractivity contribution in [1.29, 1.82) is 0 Å². The van der Waals surface area contributed by atoms with Gasteiger partial charge in [0.2, 0.25) is 15.7 Å². The number of carbonyl (C=O) groups is 1. The molecule has 0 aromatic heterocycles. The van der Waals surface area contributed by atoms with Gasteiger partial charge >= 0.3 is 0 Å². The van der Waals surface area contributed by atoms with E-state index in [-0.39, 0.29) is 4.90 Å². The van der Waals surface area contributed by atoms with Crippen LogP contribution < -0.4 is 15.2 Å². The molecule has 2 aromatic carbocycles. The quantitative estimate of drug-likeness (QED) is 0.646. The first kappa shape index (κ1) is 20.8. The largest absolute Gasteiger partial charge is 0.457 e. The predicted molar refractivity (Wildman–Crippen MR) is 96.8 cm³/mol. The number of hydrogen-bond donors (Lipinski definition) is 3. The van der Waals surface area contributed by atoms with Crippen molar-refractivity contribution in [2.75, 3.05) is 0 Å². The Labute approximate surface area is 157 Å². The monoisotopic (exact) mass is 396 g/mol. The van der Waals surface area contributed by atoms with Crippen LogP contribution in [0.3, 0.4) is 0 Å². The first-order valence-corrected chi connectivity index (χ1v) is 9.43. The lowest BCUT2D eigenvalue weighted by atomic mass is 9.83. The number of sulfonamides is 1. The van der Waals surface area contributed by atoms with E-state index in [1.807, 2.05) is 4.72 Å². The molecule has 0 saturated heterocycles. The summed E-state index contributed by atoms with van der Waals surface area (Å²) in [5.74, 6) is -0.923. The molecule has 1 amide bonds. The van der Waals surface area contributed by atoms with E-state index in [0.717, 1.165) is 0 Å². The van der Waals surface area contributed by atoms with Gasteiger partial charge in [0.15, 0.2) is 0 Å². The number of amides is 1. The van der Waals surface area contributed by atoms with Gasteiger partial charge in [0.1, 0.15) is 17.3 Å². The molecule has 0 fully saturated rings. The Balaban J connectivity index is 2.24. The number of hydrogen-bond acceptors (Lipinski definition) is 5. The second-order valence-corrected chi connectivity index (χ2v) is 8.64. The summed E-state index contributed by atoms with van der Waals surface area (Å²) < 4.78 is 45.5. The second kappa shape index (κ2) is 7.26. The number of primary amides is 1. The SMILES string of the molecule is CC(C)(C)C(O)(NS(=O)(=O)c1ccc(Oc2ccc(F)cc2)cc1)C(N)=O. The molecule has 0 heterocycles. The maximum Gasteiger partial charge on any atom is 0.266 e. The van der Waals surface area contributed by atoms with Crippen LogP contribution in [0.5, 0.6) is 11.5 Å². The fourth-order valence-electron chi connectivity index (χ4n) is 2.15. The molecule has 0 aliphatic rings. The van der Waals surface area contributed by atoms with Gasteiger partial charge < -0.3 is 15.6 Å². The van der Waals surface area contributed by atoms with E-state index in [0.29, 0.717) is 11.5 Å². The van der Waals surface area contributed by atoms with Gasteiger partial charge in [-0.25, -0.2) is 12.8 Å². The molecule has 1 unspecified atom stereocenters. The molecular formula is C18H21FN2O5S. The maximum atomic E-state index is 12.9. The normalized spacial score (nSPS) is 14.4. The summed E-state index contributed by atoms with van der Waals surface area (Å²) in [4.78, 5) is 11.5. The minimum Gasteiger partial charge on any atom is -0.457 e. The average Bonchev–Trinajstić information content (AvgIpc) is 2.56. The van der Waals surface area contributed by atoms with Crippen LogP contribution in [0.2, 0.25) is 0 Å². The van der Waals surface area contributed by atoms with Gasteiger partial charge in [-0.15, -0.1) is 0 Å². The van der Waals surface area contributed by atoms with Crippen LogP contribution in [0.4, 0.5) is 4.39 Å². The van der Waals surface area contributed by atoms with E-state index in [1.54, 1.807) is 0 Å². The van der Waals surface area contributed by atoms with Gasteiger partial charge in [-0.2, -0.15) is 4.72 Å². The number of carbonyl (C=O) groups excluding carboxylic acids is 1. The smallest absolute Gasteiger partial charge is 0.266 e. The Morgan fingerprint density at radius 2 is 1.48 bits per heavy atom. The van der Waals surface area contributed by atoms with Crippen LogP contribution in [0, 0.1) is 11.2 Å². The third-order valence-corrected chi connectivity index (χ3v) is 5.36. The lowest BCUT2D eigenvalue weighted by Gasteiger charge is -2.37. The molecule has 0 radical (unpaired) electrons. The Morgan fingerprint density at radius 1 is 1.04 bits per heavy atom. The second-order valence-electron chi connectivity index (χ2n) is 6.96. The van der Waals surface area contributed by atoms with Crippen molar-refractivity contribution >= 4 is 15.9 Å². The molecule has 0 aliphatic carbocycles. The molecule has 0 aliphatic heterocycles. The molecule has 146 valence electrons. The van der Waals surface area contributed by atoms with E-state index in [4.69, 9.17) is 10.5 Å². The topological polar surface area (TPSA) is 119 Å². The first-order valence-electron chi connectivity index (χ1n) is 7.95. The highest BCUT2D eigenvalue weighted by molar-refractivity contribution is 7.89. The van der Waals surface area contributed by atoms with Crippen molar-refractivity contribution in [1.82, 2.24) is 4.72 Å². The fraction of sp³-hybridized carbons (Fsp3) is 0.278. The van der Waals surface area contributed by atoms with E-state index in [9.17, 15) is 22.7 Å². The molecule has 4 N–H and O–H groups in total. The number of benzene rings is 2. The van der Waals surface area contributed by atoms with Gasteiger partial charge in [0, 0.05) is 5.41 Å². The highest BCUT2D eigenvalue weighted by atomic mass is 32.2. The highest BCUT2D eigenvalue weighted by Gasteiger charge is 2.48. The molecule has 2 rings (SSSR count). The molecule has 0 saturated carbocycles. The van der Waals surface area contributed by atoms with Crippen molar-refractivity contribution < 1.29 is 27.4 Å². The lowest BCUT2D eigenvalue weighted by molar-refractivity contribution is -0.150. The van der Waals surface area contributed by atoms with Crippen LogP contribution in [-0.4, -0.2) is 25.2 Å².